The van der Waals surface area contributed by atoms with Crippen LogP contribution in [0.4, 0.5) is 0 Å². The zero-order valence-corrected chi connectivity index (χ0v) is 4.70. The molecule has 4 heteroatoms. The maximum absolute atomic E-state index is 5.03. The summed E-state index contributed by atoms with van der Waals surface area (Å²) in [5.74, 6) is 0. The molecular weight excluding hydrogens is 96.0 g/mol. The van der Waals surface area contributed by atoms with Gasteiger partial charge in [-0.3, -0.25) is 0 Å². The summed E-state index contributed by atoms with van der Waals surface area (Å²) in [6.45, 7) is 2.88. The van der Waals surface area contributed by atoms with E-state index in [1.54, 1.807) is 0 Å². The lowest BCUT2D eigenvalue weighted by atomic mass is 10.5. The first-order chi connectivity index (χ1) is 1.91. The molecular formula is C3H16N2O2. The molecule has 0 aromatic carbocycles. The zero-order valence-electron chi connectivity index (χ0n) is 4.70. The van der Waals surface area contributed by atoms with Crippen LogP contribution < -0.4 is 11.9 Å². The number of nitrogens with two attached hydrogens (primary N) is 1. The molecule has 0 amide bonds. The van der Waals surface area contributed by atoms with Gasteiger partial charge in [0, 0.05) is 0 Å². The van der Waals surface area contributed by atoms with E-state index in [0.717, 1.165) is 13.0 Å². The average Bonchev–Trinajstić information content (AvgIpc) is 1.37. The van der Waals surface area contributed by atoms with Crippen molar-refractivity contribution in [2.24, 2.45) is 5.73 Å². The number of hydrogen-bond donors (Lipinski definition) is 2. The Bertz CT molecular complexity index is 12.9. The van der Waals surface area contributed by atoms with Gasteiger partial charge in [0.25, 0.3) is 0 Å². The molecule has 0 rings (SSSR count). The van der Waals surface area contributed by atoms with Crippen molar-refractivity contribution in [2.45, 2.75) is 13.3 Å². The highest BCUT2D eigenvalue weighted by Crippen LogP contribution is 1.57. The predicted molar refractivity (Wildman–Crippen MR) is 31.6 cm³/mol. The van der Waals surface area contributed by atoms with E-state index in [4.69, 9.17) is 5.73 Å². The van der Waals surface area contributed by atoms with Gasteiger partial charge in [-0.05, 0) is 13.0 Å². The molecule has 0 aromatic heterocycles. The van der Waals surface area contributed by atoms with E-state index >= 15 is 0 Å². The third kappa shape index (κ3) is 122. The van der Waals surface area contributed by atoms with E-state index in [9.17, 15) is 0 Å². The van der Waals surface area contributed by atoms with Gasteiger partial charge in [0.2, 0.25) is 0 Å². The minimum absolute atomic E-state index is 0. The van der Waals surface area contributed by atoms with Crippen molar-refractivity contribution in [1.29, 1.82) is 0 Å². The number of hydrogen-bond acceptors (Lipinski definition) is 2. The Morgan fingerprint density at radius 2 is 1.43 bits per heavy atom. The lowest BCUT2D eigenvalue weighted by molar-refractivity contribution is 0.823. The van der Waals surface area contributed by atoms with Gasteiger partial charge in [-0.25, -0.2) is 0 Å². The average molecular weight is 112 g/mol. The smallest absolute Gasteiger partial charge is 0.00799 e. The molecule has 0 heterocycles. The molecule has 0 aliphatic carbocycles. The molecule has 0 aromatic rings. The summed E-state index contributed by atoms with van der Waals surface area (Å²) in [7, 11) is 0. The summed E-state index contributed by atoms with van der Waals surface area (Å²) in [6, 6.07) is 0. The Labute approximate surface area is 43.9 Å². The third-order valence-electron chi connectivity index (χ3n) is 0.289. The van der Waals surface area contributed by atoms with Crippen molar-refractivity contribution in [3.8, 4) is 0 Å². The van der Waals surface area contributed by atoms with Gasteiger partial charge in [-0.15, -0.1) is 0 Å². The summed E-state index contributed by atoms with van der Waals surface area (Å²) in [5.41, 5.74) is 5.03. The Morgan fingerprint density at radius 3 is 1.43 bits per heavy atom. The fraction of sp³-hybridized carbons (Fsp3) is 1.00. The first kappa shape index (κ1) is 28.9. The quantitative estimate of drug-likeness (QED) is 0.445. The molecule has 0 aliphatic heterocycles. The van der Waals surface area contributed by atoms with Gasteiger partial charge in [0.15, 0.2) is 0 Å². The fourth-order valence-electron chi connectivity index (χ4n) is 0. The Hall–Kier alpha value is -0.160. The van der Waals surface area contributed by atoms with E-state index in [1.807, 2.05) is 0 Å². The van der Waals surface area contributed by atoms with Crippen LogP contribution in [0.2, 0.25) is 0 Å². The Balaban J connectivity index is -0.0000000150. The van der Waals surface area contributed by atoms with Gasteiger partial charge < -0.3 is 22.8 Å². The molecule has 7 heavy (non-hydrogen) atoms. The van der Waals surface area contributed by atoms with Gasteiger partial charge >= 0.3 is 0 Å². The minimum atomic E-state index is 0. The van der Waals surface area contributed by atoms with Crippen LogP contribution >= 0.6 is 0 Å². The van der Waals surface area contributed by atoms with Gasteiger partial charge in [0.05, 0.1) is 0 Å². The summed E-state index contributed by atoms with van der Waals surface area (Å²) < 4.78 is 0. The van der Waals surface area contributed by atoms with E-state index in [-0.39, 0.29) is 17.1 Å². The maximum atomic E-state index is 5.03. The van der Waals surface area contributed by atoms with Crippen molar-refractivity contribution in [3.05, 3.63) is 0 Å². The predicted octanol–water partition coefficient (Wildman–Crippen LogP) is -1.13. The molecule has 4 nitrogen and oxygen atoms in total. The van der Waals surface area contributed by atoms with Crippen LogP contribution in [0.15, 0.2) is 0 Å². The van der Waals surface area contributed by atoms with E-state index in [2.05, 4.69) is 6.92 Å². The zero-order chi connectivity index (χ0) is 3.41. The second kappa shape index (κ2) is 40.4. The highest BCUT2D eigenvalue weighted by molar-refractivity contribution is 4.19. The van der Waals surface area contributed by atoms with Crippen LogP contribution in [0, 0.1) is 0 Å². The van der Waals surface area contributed by atoms with Crippen molar-refractivity contribution in [1.82, 2.24) is 6.15 Å². The van der Waals surface area contributed by atoms with Gasteiger partial charge in [-0.1, -0.05) is 6.92 Å². The second-order valence-electron chi connectivity index (χ2n) is 0.789. The summed E-state index contributed by atoms with van der Waals surface area (Å²) in [4.78, 5) is 0. The molecule has 0 saturated carbocycles. The molecule has 0 spiro atoms. The van der Waals surface area contributed by atoms with Gasteiger partial charge in [0.1, 0.15) is 0 Å². The van der Waals surface area contributed by atoms with Crippen LogP contribution in [0.3, 0.4) is 0 Å². The van der Waals surface area contributed by atoms with E-state index in [0.29, 0.717) is 0 Å². The maximum Gasteiger partial charge on any atom is -0.00799 e. The van der Waals surface area contributed by atoms with Crippen LogP contribution in [-0.4, -0.2) is 17.5 Å². The normalized spacial score (nSPS) is 4.29. The van der Waals surface area contributed by atoms with Crippen molar-refractivity contribution in [3.63, 3.8) is 0 Å². The molecule has 0 aliphatic rings. The monoisotopic (exact) mass is 112 g/mol. The second-order valence-corrected chi connectivity index (χ2v) is 0.789. The minimum Gasteiger partial charge on any atom is -0.412 e. The molecule has 0 saturated heterocycles. The van der Waals surface area contributed by atoms with Crippen molar-refractivity contribution < 1.29 is 11.0 Å². The van der Waals surface area contributed by atoms with Crippen LogP contribution in [0.1, 0.15) is 13.3 Å². The van der Waals surface area contributed by atoms with E-state index in [1.165, 1.54) is 0 Å². The molecule has 0 bridgehead atoms. The molecule has 0 unspecified atom stereocenters. The molecule has 0 radical (unpaired) electrons. The third-order valence-corrected chi connectivity index (χ3v) is 0.289. The molecule has 0 fully saturated rings. The fourth-order valence-corrected chi connectivity index (χ4v) is 0. The lowest BCUT2D eigenvalue weighted by Crippen LogP contribution is -1.93. The van der Waals surface area contributed by atoms with Crippen molar-refractivity contribution in [2.75, 3.05) is 6.54 Å². The van der Waals surface area contributed by atoms with Gasteiger partial charge in [-0.2, -0.15) is 0 Å². The standard InChI is InChI=1S/C3H9N.H3N.2H2O/c1-2-3-4;;;/h2-4H2,1H3;1H3;2*1H2. The summed E-state index contributed by atoms with van der Waals surface area (Å²) in [6.07, 6.45) is 1.10. The highest BCUT2D eigenvalue weighted by Gasteiger charge is 1.55. The summed E-state index contributed by atoms with van der Waals surface area (Å²) in [5, 5.41) is 0. The molecule has 9 N–H and O–H groups in total. The first-order valence-electron chi connectivity index (χ1n) is 1.62. The number of rotatable bonds is 1. The Kier molecular flexibility index (Phi) is 167. The summed E-state index contributed by atoms with van der Waals surface area (Å²) >= 11 is 0. The van der Waals surface area contributed by atoms with E-state index < -0.39 is 0 Å². The Morgan fingerprint density at radius 1 is 1.29 bits per heavy atom. The van der Waals surface area contributed by atoms with Crippen LogP contribution in [-0.2, 0) is 0 Å². The molecule has 0 atom stereocenters. The lowest BCUT2D eigenvalue weighted by Gasteiger charge is -1.70. The largest absolute Gasteiger partial charge is 0.412 e. The topological polar surface area (TPSA) is 124 Å². The first-order valence-corrected chi connectivity index (χ1v) is 1.62. The molecule has 50 valence electrons. The SMILES string of the molecule is CCCN.N.O.O. The van der Waals surface area contributed by atoms with Crippen molar-refractivity contribution >= 4 is 0 Å². The van der Waals surface area contributed by atoms with Crippen LogP contribution in [0.25, 0.3) is 0 Å². The van der Waals surface area contributed by atoms with Crippen LogP contribution in [0.5, 0.6) is 0 Å². The highest BCUT2D eigenvalue weighted by atomic mass is 16.0.